The Hall–Kier alpha value is -2.38. The van der Waals surface area contributed by atoms with Gasteiger partial charge >= 0.3 is 0 Å². The third kappa shape index (κ3) is 4.20. The van der Waals surface area contributed by atoms with Gasteiger partial charge in [0.05, 0.1) is 17.7 Å². The van der Waals surface area contributed by atoms with Gasteiger partial charge in [-0.25, -0.2) is 8.42 Å². The number of nitrogens with zero attached hydrogens (tertiary/aromatic N) is 1. The van der Waals surface area contributed by atoms with Crippen molar-refractivity contribution in [1.29, 1.82) is 0 Å². The van der Waals surface area contributed by atoms with Gasteiger partial charge < -0.3 is 10.1 Å². The molecule has 0 spiro atoms. The summed E-state index contributed by atoms with van der Waals surface area (Å²) in [5.41, 5.74) is 2.40. The highest BCUT2D eigenvalue weighted by Crippen LogP contribution is 2.28. The minimum atomic E-state index is -3.55. The van der Waals surface area contributed by atoms with E-state index < -0.39 is 10.0 Å². The van der Waals surface area contributed by atoms with Crippen molar-refractivity contribution >= 4 is 21.6 Å². The highest BCUT2D eigenvalue weighted by Gasteiger charge is 2.33. The Morgan fingerprint density at radius 2 is 1.79 bits per heavy atom. The summed E-state index contributed by atoms with van der Waals surface area (Å²) in [5.74, 6) is 0.272. The first-order valence-electron chi connectivity index (χ1n) is 9.34. The van der Waals surface area contributed by atoms with Crippen LogP contribution in [0.5, 0.6) is 5.75 Å². The lowest BCUT2D eigenvalue weighted by atomic mass is 9.97. The van der Waals surface area contributed by atoms with E-state index in [1.165, 1.54) is 4.31 Å². The van der Waals surface area contributed by atoms with Crippen molar-refractivity contribution in [3.8, 4) is 5.75 Å². The van der Waals surface area contributed by atoms with Crippen molar-refractivity contribution in [2.24, 2.45) is 5.92 Å². The van der Waals surface area contributed by atoms with Gasteiger partial charge in [0.15, 0.2) is 0 Å². The zero-order valence-electron chi connectivity index (χ0n) is 16.4. The van der Waals surface area contributed by atoms with Crippen LogP contribution in [0.25, 0.3) is 0 Å². The number of carbonyl (C=O) groups excluding carboxylic acids is 1. The number of amides is 1. The van der Waals surface area contributed by atoms with Gasteiger partial charge in [0, 0.05) is 19.0 Å². The second kappa shape index (κ2) is 8.32. The molecule has 0 atom stereocenters. The van der Waals surface area contributed by atoms with E-state index in [4.69, 9.17) is 4.74 Å². The monoisotopic (exact) mass is 402 g/mol. The van der Waals surface area contributed by atoms with Crippen molar-refractivity contribution in [2.75, 3.05) is 25.5 Å². The summed E-state index contributed by atoms with van der Waals surface area (Å²) in [7, 11) is -1.99. The summed E-state index contributed by atoms with van der Waals surface area (Å²) in [6.45, 7) is 4.42. The van der Waals surface area contributed by atoms with Crippen LogP contribution in [0.4, 0.5) is 5.69 Å². The lowest BCUT2D eigenvalue weighted by Gasteiger charge is -2.31. The number of carbonyl (C=O) groups is 1. The van der Waals surface area contributed by atoms with Crippen LogP contribution in [-0.4, -0.2) is 38.8 Å². The molecule has 3 rings (SSSR count). The minimum absolute atomic E-state index is 0.104. The minimum Gasteiger partial charge on any atom is -0.495 e. The van der Waals surface area contributed by atoms with Crippen LogP contribution < -0.4 is 10.1 Å². The maximum atomic E-state index is 13.0. The lowest BCUT2D eigenvalue weighted by molar-refractivity contribution is -0.120. The van der Waals surface area contributed by atoms with Crippen molar-refractivity contribution < 1.29 is 17.9 Å². The smallest absolute Gasteiger partial charge is 0.243 e. The zero-order chi connectivity index (χ0) is 20.3. The number of sulfonamides is 1. The summed E-state index contributed by atoms with van der Waals surface area (Å²) in [5, 5.41) is 2.90. The number of hydrogen-bond donors (Lipinski definition) is 1. The average Bonchev–Trinajstić information content (AvgIpc) is 2.68. The SMILES string of the molecule is COc1ccccc1NC(=O)C1CCN(S(=O)(=O)c2ccc(C)cc2C)CC1. The number of benzene rings is 2. The fraction of sp³-hybridized carbons (Fsp3) is 0.381. The quantitative estimate of drug-likeness (QED) is 0.832. The molecule has 150 valence electrons. The standard InChI is InChI=1S/C21H26N2O4S/c1-15-8-9-20(16(2)14-15)28(25,26)23-12-10-17(11-13-23)21(24)22-18-6-4-5-7-19(18)27-3/h4-9,14,17H,10-13H2,1-3H3,(H,22,24). The molecule has 2 aromatic rings. The predicted octanol–water partition coefficient (Wildman–Crippen LogP) is 3.35. The number of para-hydroxylation sites is 2. The molecule has 0 aliphatic carbocycles. The van der Waals surface area contributed by atoms with E-state index >= 15 is 0 Å². The van der Waals surface area contributed by atoms with Crippen molar-refractivity contribution in [3.05, 3.63) is 53.6 Å². The fourth-order valence-corrected chi connectivity index (χ4v) is 5.24. The number of rotatable bonds is 5. The second-order valence-corrected chi connectivity index (χ2v) is 9.04. The van der Waals surface area contributed by atoms with Gasteiger partial charge in [-0.2, -0.15) is 4.31 Å². The molecule has 0 saturated carbocycles. The number of aryl methyl sites for hydroxylation is 2. The molecule has 0 bridgehead atoms. The molecule has 28 heavy (non-hydrogen) atoms. The Morgan fingerprint density at radius 1 is 1.11 bits per heavy atom. The number of piperidine rings is 1. The molecule has 1 heterocycles. The molecule has 0 aromatic heterocycles. The first-order valence-corrected chi connectivity index (χ1v) is 10.8. The van der Waals surface area contributed by atoms with Gasteiger partial charge in [0.25, 0.3) is 0 Å². The highest BCUT2D eigenvalue weighted by atomic mass is 32.2. The first-order chi connectivity index (χ1) is 13.3. The summed E-state index contributed by atoms with van der Waals surface area (Å²) in [6.07, 6.45) is 0.982. The molecule has 0 radical (unpaired) electrons. The van der Waals surface area contributed by atoms with Crippen molar-refractivity contribution in [3.63, 3.8) is 0 Å². The topological polar surface area (TPSA) is 75.7 Å². The van der Waals surface area contributed by atoms with E-state index in [1.54, 1.807) is 25.3 Å². The normalized spacial score (nSPS) is 16.0. The predicted molar refractivity (Wildman–Crippen MR) is 109 cm³/mol. The molecule has 7 heteroatoms. The lowest BCUT2D eigenvalue weighted by Crippen LogP contribution is -2.41. The van der Waals surface area contributed by atoms with Crippen molar-refractivity contribution in [2.45, 2.75) is 31.6 Å². The van der Waals surface area contributed by atoms with E-state index in [9.17, 15) is 13.2 Å². The third-order valence-corrected chi connectivity index (χ3v) is 7.20. The maximum absolute atomic E-state index is 13.0. The van der Waals surface area contributed by atoms with Crippen LogP contribution in [0.1, 0.15) is 24.0 Å². The van der Waals surface area contributed by atoms with E-state index in [-0.39, 0.29) is 11.8 Å². The van der Waals surface area contributed by atoms with Gasteiger partial charge in [-0.15, -0.1) is 0 Å². The Kier molecular flexibility index (Phi) is 6.05. The van der Waals surface area contributed by atoms with Crippen LogP contribution >= 0.6 is 0 Å². The third-order valence-electron chi connectivity index (χ3n) is 5.14. The number of anilines is 1. The molecule has 1 fully saturated rings. The highest BCUT2D eigenvalue weighted by molar-refractivity contribution is 7.89. The molecular weight excluding hydrogens is 376 g/mol. The van der Waals surface area contributed by atoms with Gasteiger partial charge in [-0.1, -0.05) is 29.8 Å². The molecular formula is C21H26N2O4S. The number of ether oxygens (including phenoxy) is 1. The van der Waals surface area contributed by atoms with E-state index in [1.807, 2.05) is 38.1 Å². The van der Waals surface area contributed by atoms with Gasteiger partial charge in [-0.05, 0) is 50.5 Å². The van der Waals surface area contributed by atoms with Gasteiger partial charge in [0.1, 0.15) is 5.75 Å². The van der Waals surface area contributed by atoms with Crippen LogP contribution in [0.15, 0.2) is 47.4 Å². The summed E-state index contributed by atoms with van der Waals surface area (Å²) in [4.78, 5) is 13.0. The molecule has 1 N–H and O–H groups in total. The summed E-state index contributed by atoms with van der Waals surface area (Å²) >= 11 is 0. The first kappa shape index (κ1) is 20.4. The Labute approximate surface area is 166 Å². The van der Waals surface area contributed by atoms with Gasteiger partial charge in [0.2, 0.25) is 15.9 Å². The van der Waals surface area contributed by atoms with Crippen LogP contribution in [0.2, 0.25) is 0 Å². The summed E-state index contributed by atoms with van der Waals surface area (Å²) < 4.78 is 32.7. The maximum Gasteiger partial charge on any atom is 0.243 e. The van der Waals surface area contributed by atoms with E-state index in [2.05, 4.69) is 5.32 Å². The van der Waals surface area contributed by atoms with Crippen LogP contribution in [-0.2, 0) is 14.8 Å². The molecule has 1 aliphatic rings. The Bertz CT molecular complexity index is 964. The van der Waals surface area contributed by atoms with Crippen LogP contribution in [0.3, 0.4) is 0 Å². The Balaban J connectivity index is 1.66. The zero-order valence-corrected chi connectivity index (χ0v) is 17.3. The van der Waals surface area contributed by atoms with E-state index in [0.29, 0.717) is 42.3 Å². The molecule has 2 aromatic carbocycles. The molecule has 1 saturated heterocycles. The molecule has 1 aliphatic heterocycles. The Morgan fingerprint density at radius 3 is 2.43 bits per heavy atom. The molecule has 0 unspecified atom stereocenters. The summed E-state index contributed by atoms with van der Waals surface area (Å²) in [6, 6.07) is 12.6. The molecule has 6 nitrogen and oxygen atoms in total. The molecule has 1 amide bonds. The number of nitrogens with one attached hydrogen (secondary N) is 1. The second-order valence-electron chi connectivity index (χ2n) is 7.14. The van der Waals surface area contributed by atoms with E-state index in [0.717, 1.165) is 11.1 Å². The fourth-order valence-electron chi connectivity index (χ4n) is 3.57. The van der Waals surface area contributed by atoms with Crippen molar-refractivity contribution in [1.82, 2.24) is 4.31 Å². The average molecular weight is 403 g/mol. The van der Waals surface area contributed by atoms with Crippen LogP contribution in [0, 0.1) is 19.8 Å². The van der Waals surface area contributed by atoms with Gasteiger partial charge in [-0.3, -0.25) is 4.79 Å². The largest absolute Gasteiger partial charge is 0.495 e. The number of methoxy groups -OCH3 is 1. The number of hydrogen-bond acceptors (Lipinski definition) is 4.